The first kappa shape index (κ1) is 23.2. The van der Waals surface area contributed by atoms with Crippen LogP contribution in [0, 0.1) is 0 Å². The monoisotopic (exact) mass is 497 g/mol. The van der Waals surface area contributed by atoms with Gasteiger partial charge in [0.05, 0.1) is 29.4 Å². The third-order valence-electron chi connectivity index (χ3n) is 5.03. The molecular weight excluding hydrogens is 470 g/mol. The molecule has 164 valence electrons. The van der Waals surface area contributed by atoms with Gasteiger partial charge in [0.1, 0.15) is 0 Å². The van der Waals surface area contributed by atoms with Crippen LogP contribution in [0.3, 0.4) is 0 Å². The third kappa shape index (κ3) is 5.84. The predicted octanol–water partition coefficient (Wildman–Crippen LogP) is 3.32. The fourth-order valence-electron chi connectivity index (χ4n) is 3.36. The van der Waals surface area contributed by atoms with Gasteiger partial charge in [0, 0.05) is 37.3 Å². The van der Waals surface area contributed by atoms with Gasteiger partial charge in [0.2, 0.25) is 5.91 Å². The number of benzene rings is 1. The highest BCUT2D eigenvalue weighted by Crippen LogP contribution is 2.22. The highest BCUT2D eigenvalue weighted by atomic mass is 79.9. The van der Waals surface area contributed by atoms with Crippen molar-refractivity contribution in [1.29, 1.82) is 0 Å². The van der Waals surface area contributed by atoms with Crippen LogP contribution >= 0.6 is 27.7 Å². The van der Waals surface area contributed by atoms with Crippen LogP contribution in [0.4, 0.5) is 0 Å². The van der Waals surface area contributed by atoms with E-state index in [0.29, 0.717) is 61.9 Å². The molecule has 1 aromatic heterocycles. The van der Waals surface area contributed by atoms with Crippen LogP contribution in [0.1, 0.15) is 26.7 Å². The van der Waals surface area contributed by atoms with Gasteiger partial charge in [-0.2, -0.15) is 0 Å². The van der Waals surface area contributed by atoms with E-state index in [-0.39, 0.29) is 23.3 Å². The fraction of sp³-hybridized carbons (Fsp3) is 0.571. The summed E-state index contributed by atoms with van der Waals surface area (Å²) in [6, 6.07) is 5.49. The van der Waals surface area contributed by atoms with Crippen LogP contribution in [0.25, 0.3) is 10.9 Å². The average molecular weight is 498 g/mol. The minimum absolute atomic E-state index is 0.0489. The van der Waals surface area contributed by atoms with Gasteiger partial charge in [-0.1, -0.05) is 34.6 Å². The maximum Gasteiger partial charge on any atom is 0.262 e. The van der Waals surface area contributed by atoms with E-state index in [2.05, 4.69) is 22.9 Å². The summed E-state index contributed by atoms with van der Waals surface area (Å²) in [5, 5.41) is 1.13. The molecule has 0 radical (unpaired) electrons. The van der Waals surface area contributed by atoms with Crippen molar-refractivity contribution in [2.75, 3.05) is 38.7 Å². The number of aromatic nitrogens is 2. The molecule has 0 bridgehead atoms. The van der Waals surface area contributed by atoms with Crippen LogP contribution in [0.2, 0.25) is 0 Å². The van der Waals surface area contributed by atoms with Crippen molar-refractivity contribution in [3.8, 4) is 0 Å². The molecule has 30 heavy (non-hydrogen) atoms. The average Bonchev–Trinajstić information content (AvgIpc) is 2.77. The van der Waals surface area contributed by atoms with Crippen LogP contribution in [0.15, 0.2) is 32.6 Å². The molecule has 1 amide bonds. The van der Waals surface area contributed by atoms with E-state index in [1.165, 1.54) is 11.8 Å². The molecule has 0 N–H and O–H groups in total. The fourth-order valence-corrected chi connectivity index (χ4v) is 4.65. The Hall–Kier alpha value is -1.42. The molecule has 0 spiro atoms. The van der Waals surface area contributed by atoms with Crippen molar-refractivity contribution < 1.29 is 14.3 Å². The van der Waals surface area contributed by atoms with Gasteiger partial charge in [0.15, 0.2) is 5.16 Å². The summed E-state index contributed by atoms with van der Waals surface area (Å²) in [6.07, 6.45) is 1.69. The number of fused-ring (bicyclic) bond motifs is 1. The van der Waals surface area contributed by atoms with Crippen molar-refractivity contribution in [3.05, 3.63) is 33.0 Å². The Labute approximate surface area is 189 Å². The summed E-state index contributed by atoms with van der Waals surface area (Å²) < 4.78 is 13.6. The summed E-state index contributed by atoms with van der Waals surface area (Å²) in [4.78, 5) is 32.4. The molecule has 1 aliphatic rings. The molecule has 2 aromatic rings. The van der Waals surface area contributed by atoms with Crippen LogP contribution < -0.4 is 5.56 Å². The van der Waals surface area contributed by atoms with E-state index >= 15 is 0 Å². The lowest BCUT2D eigenvalue weighted by Gasteiger charge is -2.32. The van der Waals surface area contributed by atoms with E-state index in [4.69, 9.17) is 14.5 Å². The molecule has 2 heterocycles. The topological polar surface area (TPSA) is 73.7 Å². The normalized spacial score (nSPS) is 16.9. The molecule has 9 heteroatoms. The van der Waals surface area contributed by atoms with Gasteiger partial charge in [-0.3, -0.25) is 14.2 Å². The first-order valence-electron chi connectivity index (χ1n) is 10.3. The molecule has 1 saturated heterocycles. The zero-order valence-corrected chi connectivity index (χ0v) is 19.8. The number of amides is 1. The summed E-state index contributed by atoms with van der Waals surface area (Å²) >= 11 is 4.75. The van der Waals surface area contributed by atoms with Gasteiger partial charge in [-0.15, -0.1) is 0 Å². The lowest BCUT2D eigenvalue weighted by atomic mass is 10.2. The minimum atomic E-state index is -0.0924. The summed E-state index contributed by atoms with van der Waals surface area (Å²) in [5.41, 5.74) is 0.543. The highest BCUT2D eigenvalue weighted by molar-refractivity contribution is 9.10. The predicted molar refractivity (Wildman–Crippen MR) is 122 cm³/mol. The van der Waals surface area contributed by atoms with Crippen molar-refractivity contribution in [3.63, 3.8) is 0 Å². The molecule has 1 unspecified atom stereocenters. The SMILES string of the molecule is CCOCCCn1c(SCC(=O)N2CCOC(CC)C2)nc2ccc(Br)cc2c1=O. The maximum absolute atomic E-state index is 13.1. The van der Waals surface area contributed by atoms with Crippen molar-refractivity contribution in [2.24, 2.45) is 0 Å². The summed E-state index contributed by atoms with van der Waals surface area (Å²) in [5.74, 6) is 0.295. The lowest BCUT2D eigenvalue weighted by Crippen LogP contribution is -2.46. The van der Waals surface area contributed by atoms with Crippen LogP contribution in [-0.2, 0) is 20.8 Å². The Morgan fingerprint density at radius 3 is 3.00 bits per heavy atom. The number of hydrogen-bond acceptors (Lipinski definition) is 6. The van der Waals surface area contributed by atoms with E-state index < -0.39 is 0 Å². The molecule has 1 aliphatic heterocycles. The smallest absolute Gasteiger partial charge is 0.262 e. The molecule has 0 aliphatic carbocycles. The number of hydrogen-bond donors (Lipinski definition) is 0. The second-order valence-electron chi connectivity index (χ2n) is 7.09. The van der Waals surface area contributed by atoms with E-state index in [1.807, 2.05) is 24.0 Å². The second-order valence-corrected chi connectivity index (χ2v) is 8.95. The first-order valence-corrected chi connectivity index (χ1v) is 12.1. The standard InChI is InChI=1S/C21H28BrN3O4S/c1-3-16-13-24(9-11-29-16)19(26)14-30-21-23-18-7-6-15(22)12-17(18)20(27)25(21)8-5-10-28-4-2/h6-7,12,16H,3-5,8-11,13-14H2,1-2H3. The number of thioether (sulfide) groups is 1. The number of nitrogens with zero attached hydrogens (tertiary/aromatic N) is 3. The van der Waals surface area contributed by atoms with Gasteiger partial charge in [-0.05, 0) is 38.0 Å². The molecule has 1 fully saturated rings. The van der Waals surface area contributed by atoms with Crippen LogP contribution in [0.5, 0.6) is 0 Å². The van der Waals surface area contributed by atoms with E-state index in [0.717, 1.165) is 10.9 Å². The molecular formula is C21H28BrN3O4S. The van der Waals surface area contributed by atoms with Gasteiger partial charge < -0.3 is 14.4 Å². The number of morpholine rings is 1. The number of carbonyl (C=O) groups is 1. The Kier molecular flexibility index (Phi) is 8.73. The third-order valence-corrected chi connectivity index (χ3v) is 6.48. The first-order chi connectivity index (χ1) is 14.5. The Bertz CT molecular complexity index is 936. The number of halogens is 1. The Balaban J connectivity index is 1.79. The molecule has 7 nitrogen and oxygen atoms in total. The van der Waals surface area contributed by atoms with Gasteiger partial charge in [0.25, 0.3) is 5.56 Å². The molecule has 3 rings (SSSR count). The second kappa shape index (κ2) is 11.3. The number of carbonyl (C=O) groups excluding carboxylic acids is 1. The zero-order chi connectivity index (χ0) is 21.5. The van der Waals surface area contributed by atoms with Crippen LogP contribution in [-0.4, -0.2) is 65.1 Å². The number of ether oxygens (including phenoxy) is 2. The largest absolute Gasteiger partial charge is 0.382 e. The summed E-state index contributed by atoms with van der Waals surface area (Å²) in [6.45, 7) is 7.53. The minimum Gasteiger partial charge on any atom is -0.382 e. The molecule has 0 saturated carbocycles. The maximum atomic E-state index is 13.1. The highest BCUT2D eigenvalue weighted by Gasteiger charge is 2.23. The lowest BCUT2D eigenvalue weighted by molar-refractivity contribution is -0.135. The van der Waals surface area contributed by atoms with Crippen molar-refractivity contribution >= 4 is 44.5 Å². The zero-order valence-electron chi connectivity index (χ0n) is 17.4. The summed E-state index contributed by atoms with van der Waals surface area (Å²) in [7, 11) is 0. The Morgan fingerprint density at radius 1 is 1.40 bits per heavy atom. The molecule has 1 aromatic carbocycles. The van der Waals surface area contributed by atoms with Gasteiger partial charge in [-0.25, -0.2) is 4.98 Å². The molecule has 1 atom stereocenters. The number of rotatable bonds is 9. The van der Waals surface area contributed by atoms with Gasteiger partial charge >= 0.3 is 0 Å². The Morgan fingerprint density at radius 2 is 2.23 bits per heavy atom. The van der Waals surface area contributed by atoms with Crippen molar-refractivity contribution in [2.45, 2.75) is 44.5 Å². The van der Waals surface area contributed by atoms with E-state index in [9.17, 15) is 9.59 Å². The quantitative estimate of drug-likeness (QED) is 0.300. The van der Waals surface area contributed by atoms with E-state index in [1.54, 1.807) is 10.6 Å². The van der Waals surface area contributed by atoms with Crippen molar-refractivity contribution in [1.82, 2.24) is 14.5 Å².